The van der Waals surface area contributed by atoms with Gasteiger partial charge in [0.05, 0.1) is 5.02 Å². The van der Waals surface area contributed by atoms with Crippen molar-refractivity contribution in [2.75, 3.05) is 18.5 Å². The molecule has 1 aliphatic rings. The number of anilines is 1. The first-order valence-electron chi connectivity index (χ1n) is 7.32. The molecule has 1 aliphatic heterocycles. The molecule has 0 saturated carbocycles. The molecule has 106 valence electrons. The van der Waals surface area contributed by atoms with Gasteiger partial charge in [-0.1, -0.05) is 31.4 Å². The van der Waals surface area contributed by atoms with Crippen molar-refractivity contribution in [3.8, 4) is 0 Å². The van der Waals surface area contributed by atoms with Crippen LogP contribution in [0.25, 0.3) is 0 Å². The molecule has 1 fully saturated rings. The highest BCUT2D eigenvalue weighted by atomic mass is 35.5. The van der Waals surface area contributed by atoms with E-state index in [-0.39, 0.29) is 0 Å². The Balaban J connectivity index is 2.23. The van der Waals surface area contributed by atoms with Crippen LogP contribution >= 0.6 is 11.6 Å². The molecule has 1 aromatic heterocycles. The van der Waals surface area contributed by atoms with Crippen LogP contribution in [0.4, 0.5) is 5.82 Å². The van der Waals surface area contributed by atoms with Gasteiger partial charge in [-0.15, -0.1) is 0 Å². The van der Waals surface area contributed by atoms with Crippen LogP contribution in [0, 0.1) is 0 Å². The third-order valence-electron chi connectivity index (χ3n) is 3.88. The number of nitrogens with zero attached hydrogens (tertiary/aromatic N) is 2. The summed E-state index contributed by atoms with van der Waals surface area (Å²) in [6.45, 7) is 4.15. The molecule has 0 bridgehead atoms. The smallest absolute Gasteiger partial charge is 0.147 e. The summed E-state index contributed by atoms with van der Waals surface area (Å²) in [4.78, 5) is 7.03. The number of halogens is 1. The molecule has 19 heavy (non-hydrogen) atoms. The second-order valence-electron chi connectivity index (χ2n) is 5.28. The van der Waals surface area contributed by atoms with Gasteiger partial charge in [-0.2, -0.15) is 0 Å². The summed E-state index contributed by atoms with van der Waals surface area (Å²) in [6.07, 6.45) is 8.25. The van der Waals surface area contributed by atoms with Crippen molar-refractivity contribution in [2.24, 2.45) is 0 Å². The van der Waals surface area contributed by atoms with E-state index in [0.29, 0.717) is 6.04 Å². The summed E-state index contributed by atoms with van der Waals surface area (Å²) in [5.74, 6) is 0.968. The maximum absolute atomic E-state index is 6.44. The maximum Gasteiger partial charge on any atom is 0.147 e. The second-order valence-corrected chi connectivity index (χ2v) is 5.69. The Morgan fingerprint density at radius 1 is 1.42 bits per heavy atom. The Labute approximate surface area is 121 Å². The molecule has 2 rings (SSSR count). The van der Waals surface area contributed by atoms with Gasteiger partial charge in [-0.25, -0.2) is 4.98 Å². The first-order chi connectivity index (χ1) is 9.26. The van der Waals surface area contributed by atoms with E-state index < -0.39 is 0 Å². The number of hydrogen-bond donors (Lipinski definition) is 1. The van der Waals surface area contributed by atoms with Crippen molar-refractivity contribution < 1.29 is 0 Å². The van der Waals surface area contributed by atoms with Gasteiger partial charge in [0.25, 0.3) is 0 Å². The molecule has 1 saturated heterocycles. The predicted octanol–water partition coefficient (Wildman–Crippen LogP) is 3.61. The minimum atomic E-state index is 0.586. The Morgan fingerprint density at radius 3 is 2.95 bits per heavy atom. The van der Waals surface area contributed by atoms with Gasteiger partial charge in [0.15, 0.2) is 0 Å². The summed E-state index contributed by atoms with van der Waals surface area (Å²) in [7, 11) is 1.93. The minimum absolute atomic E-state index is 0.586. The monoisotopic (exact) mass is 281 g/mol. The predicted molar refractivity (Wildman–Crippen MR) is 81.9 cm³/mol. The van der Waals surface area contributed by atoms with Gasteiger partial charge in [-0.05, 0) is 37.9 Å². The average Bonchev–Trinajstić information content (AvgIpc) is 2.64. The van der Waals surface area contributed by atoms with E-state index in [9.17, 15) is 0 Å². The zero-order valence-corrected chi connectivity index (χ0v) is 12.7. The number of nitrogens with one attached hydrogen (secondary N) is 1. The molecule has 0 spiro atoms. The van der Waals surface area contributed by atoms with Crippen molar-refractivity contribution in [1.29, 1.82) is 0 Å². The molecule has 2 heterocycles. The van der Waals surface area contributed by atoms with Gasteiger partial charge in [0.1, 0.15) is 5.82 Å². The fourth-order valence-corrected chi connectivity index (χ4v) is 3.16. The minimum Gasteiger partial charge on any atom is -0.352 e. The van der Waals surface area contributed by atoms with Crippen molar-refractivity contribution in [3.63, 3.8) is 0 Å². The molecule has 1 N–H and O–H groups in total. The molecule has 1 atom stereocenters. The van der Waals surface area contributed by atoms with Gasteiger partial charge < -0.3 is 10.2 Å². The topological polar surface area (TPSA) is 28.2 Å². The highest BCUT2D eigenvalue weighted by Crippen LogP contribution is 2.30. The fraction of sp³-hybridized carbons (Fsp3) is 0.667. The lowest BCUT2D eigenvalue weighted by atomic mass is 10.1. The Hall–Kier alpha value is -0.800. The standard InChI is InChI=1S/C15H24ClN3/c1-3-13-7-5-4-6-8-19(13)15-14(16)9-12(10-17-2)11-18-15/h9,11,13,17H,3-8,10H2,1-2H3. The van der Waals surface area contributed by atoms with E-state index in [4.69, 9.17) is 11.6 Å². The molecule has 1 unspecified atom stereocenters. The molecule has 3 nitrogen and oxygen atoms in total. The fourth-order valence-electron chi connectivity index (χ4n) is 2.86. The SMILES string of the molecule is CCC1CCCCCN1c1ncc(CNC)cc1Cl. The first-order valence-corrected chi connectivity index (χ1v) is 7.69. The summed E-state index contributed by atoms with van der Waals surface area (Å²) in [5.41, 5.74) is 1.14. The maximum atomic E-state index is 6.44. The van der Waals surface area contributed by atoms with Crippen LogP contribution in [0.3, 0.4) is 0 Å². The van der Waals surface area contributed by atoms with Crippen molar-refractivity contribution in [3.05, 3.63) is 22.8 Å². The Kier molecular flexibility index (Phi) is 5.46. The number of pyridine rings is 1. The lowest BCUT2D eigenvalue weighted by Gasteiger charge is -2.31. The van der Waals surface area contributed by atoms with E-state index in [1.807, 2.05) is 19.3 Å². The zero-order valence-electron chi connectivity index (χ0n) is 12.0. The molecule has 1 aromatic rings. The molecule has 4 heteroatoms. The van der Waals surface area contributed by atoms with E-state index in [2.05, 4.69) is 22.1 Å². The summed E-state index contributed by atoms with van der Waals surface area (Å²) < 4.78 is 0. The summed E-state index contributed by atoms with van der Waals surface area (Å²) >= 11 is 6.44. The van der Waals surface area contributed by atoms with Gasteiger partial charge in [0, 0.05) is 25.3 Å². The van der Waals surface area contributed by atoms with Gasteiger partial charge >= 0.3 is 0 Å². The molecular weight excluding hydrogens is 258 g/mol. The molecule has 0 aromatic carbocycles. The molecule has 0 aliphatic carbocycles. The zero-order chi connectivity index (χ0) is 13.7. The lowest BCUT2D eigenvalue weighted by Crippen LogP contribution is -2.35. The number of rotatable bonds is 4. The van der Waals surface area contributed by atoms with Crippen LogP contribution in [-0.2, 0) is 6.54 Å². The third-order valence-corrected chi connectivity index (χ3v) is 4.16. The number of aromatic nitrogens is 1. The van der Waals surface area contributed by atoms with Crippen LogP contribution in [0.15, 0.2) is 12.3 Å². The van der Waals surface area contributed by atoms with Crippen LogP contribution in [0.1, 0.15) is 44.6 Å². The Morgan fingerprint density at radius 2 is 2.26 bits per heavy atom. The van der Waals surface area contributed by atoms with E-state index in [0.717, 1.165) is 35.9 Å². The molecule has 0 amide bonds. The van der Waals surface area contributed by atoms with Crippen molar-refractivity contribution in [1.82, 2.24) is 10.3 Å². The van der Waals surface area contributed by atoms with Crippen molar-refractivity contribution >= 4 is 17.4 Å². The normalized spacial score (nSPS) is 20.4. The highest BCUT2D eigenvalue weighted by molar-refractivity contribution is 6.33. The van der Waals surface area contributed by atoms with Crippen molar-refractivity contribution in [2.45, 2.75) is 51.6 Å². The third kappa shape index (κ3) is 3.61. The first kappa shape index (κ1) is 14.6. The molecular formula is C15H24ClN3. The molecule has 0 radical (unpaired) electrons. The van der Waals surface area contributed by atoms with Crippen LogP contribution in [0.2, 0.25) is 5.02 Å². The van der Waals surface area contributed by atoms with Gasteiger partial charge in [0.2, 0.25) is 0 Å². The van der Waals surface area contributed by atoms with Crippen LogP contribution in [-0.4, -0.2) is 24.6 Å². The summed E-state index contributed by atoms with van der Waals surface area (Å²) in [5, 5.41) is 3.91. The van der Waals surface area contributed by atoms with E-state index in [1.165, 1.54) is 25.7 Å². The quantitative estimate of drug-likeness (QED) is 0.914. The lowest BCUT2D eigenvalue weighted by molar-refractivity contribution is 0.552. The second kappa shape index (κ2) is 7.11. The van der Waals surface area contributed by atoms with Gasteiger partial charge in [-0.3, -0.25) is 0 Å². The van der Waals surface area contributed by atoms with E-state index in [1.54, 1.807) is 0 Å². The van der Waals surface area contributed by atoms with Crippen LogP contribution in [0.5, 0.6) is 0 Å². The average molecular weight is 282 g/mol. The number of hydrogen-bond acceptors (Lipinski definition) is 3. The van der Waals surface area contributed by atoms with Crippen LogP contribution < -0.4 is 10.2 Å². The largest absolute Gasteiger partial charge is 0.352 e. The van der Waals surface area contributed by atoms with E-state index >= 15 is 0 Å². The highest BCUT2D eigenvalue weighted by Gasteiger charge is 2.22. The Bertz CT molecular complexity index is 408. The summed E-state index contributed by atoms with van der Waals surface area (Å²) in [6, 6.07) is 2.63.